The van der Waals surface area contributed by atoms with E-state index in [0.29, 0.717) is 5.92 Å². The van der Waals surface area contributed by atoms with Gasteiger partial charge in [0.25, 0.3) is 0 Å². The lowest BCUT2D eigenvalue weighted by Gasteiger charge is -2.37. The zero-order chi connectivity index (χ0) is 18.2. The van der Waals surface area contributed by atoms with Crippen LogP contribution in [0.1, 0.15) is 75.3 Å². The second kappa shape index (κ2) is 9.81. The number of hydrogen-bond acceptors (Lipinski definition) is 0. The average molecular weight is 389 g/mol. The van der Waals surface area contributed by atoms with Crippen LogP contribution in [0.15, 0.2) is 54.6 Å². The van der Waals surface area contributed by atoms with Gasteiger partial charge in [-0.05, 0) is 36.0 Å². The fourth-order valence-electron chi connectivity index (χ4n) is 4.43. The van der Waals surface area contributed by atoms with E-state index in [1.54, 1.807) is 0 Å². The van der Waals surface area contributed by atoms with E-state index in [0.717, 1.165) is 10.6 Å². The first-order chi connectivity index (χ1) is 12.7. The maximum Gasteiger partial charge on any atom is 0.0986 e. The lowest BCUT2D eigenvalue weighted by molar-refractivity contribution is 0.345. The molecule has 1 saturated carbocycles. The van der Waals surface area contributed by atoms with Gasteiger partial charge in [-0.2, -0.15) is 0 Å². The molecule has 1 fully saturated rings. The van der Waals surface area contributed by atoms with Gasteiger partial charge in [-0.25, -0.2) is 0 Å². The molecular formula is C24H30Cl2. The van der Waals surface area contributed by atoms with Crippen LogP contribution in [-0.4, -0.2) is 0 Å². The zero-order valence-corrected chi connectivity index (χ0v) is 17.1. The second-order valence-electron chi connectivity index (χ2n) is 7.66. The minimum atomic E-state index is -0.548. The molecule has 2 aromatic rings. The number of rotatable bonds is 3. The Morgan fingerprint density at radius 2 is 1.15 bits per heavy atom. The van der Waals surface area contributed by atoms with Crippen LogP contribution >= 0.6 is 23.2 Å². The van der Waals surface area contributed by atoms with Gasteiger partial charge in [0.05, 0.1) is 4.87 Å². The second-order valence-corrected chi connectivity index (χ2v) is 8.66. The molecule has 2 aromatic carbocycles. The molecule has 1 atom stereocenters. The molecule has 0 aromatic heterocycles. The monoisotopic (exact) mass is 388 g/mol. The summed E-state index contributed by atoms with van der Waals surface area (Å²) in [7, 11) is 0. The van der Waals surface area contributed by atoms with Crippen LogP contribution in [0.5, 0.6) is 0 Å². The highest BCUT2D eigenvalue weighted by Crippen LogP contribution is 2.49. The van der Waals surface area contributed by atoms with E-state index in [2.05, 4.69) is 42.5 Å². The largest absolute Gasteiger partial charge is 0.108 e. The minimum Gasteiger partial charge on any atom is -0.108 e. The van der Waals surface area contributed by atoms with E-state index >= 15 is 0 Å². The van der Waals surface area contributed by atoms with Crippen molar-refractivity contribution in [3.63, 3.8) is 0 Å². The van der Waals surface area contributed by atoms with Gasteiger partial charge < -0.3 is 0 Å². The Kier molecular flexibility index (Phi) is 7.46. The van der Waals surface area contributed by atoms with E-state index in [9.17, 15) is 0 Å². The third-order valence-electron chi connectivity index (χ3n) is 5.88. The maximum atomic E-state index is 7.55. The lowest BCUT2D eigenvalue weighted by Crippen LogP contribution is -2.31. The van der Waals surface area contributed by atoms with Gasteiger partial charge >= 0.3 is 0 Å². The summed E-state index contributed by atoms with van der Waals surface area (Å²) in [5, 5.41) is 0.778. The summed E-state index contributed by atoms with van der Waals surface area (Å²) in [4.78, 5) is -0.548. The van der Waals surface area contributed by atoms with E-state index in [1.165, 1.54) is 69.8 Å². The Morgan fingerprint density at radius 3 is 1.73 bits per heavy atom. The normalized spacial score (nSPS) is 20.1. The van der Waals surface area contributed by atoms with E-state index in [1.807, 2.05) is 12.1 Å². The summed E-state index contributed by atoms with van der Waals surface area (Å²) < 4.78 is 0. The fraction of sp³-hybridized carbons (Fsp3) is 0.500. The van der Waals surface area contributed by atoms with Crippen LogP contribution in [0.3, 0.4) is 0 Å². The molecule has 1 aliphatic rings. The Labute approximate surface area is 168 Å². The number of benzene rings is 2. The molecule has 3 rings (SSSR count). The highest BCUT2D eigenvalue weighted by atomic mass is 35.5. The van der Waals surface area contributed by atoms with Gasteiger partial charge in [-0.15, -0.1) is 11.6 Å². The Bertz CT molecular complexity index is 655. The first-order valence-corrected chi connectivity index (χ1v) is 11.0. The highest BCUT2D eigenvalue weighted by molar-refractivity contribution is 6.34. The fourth-order valence-corrected chi connectivity index (χ4v) is 5.27. The summed E-state index contributed by atoms with van der Waals surface area (Å²) in [5.74, 6) is 0.407. The van der Waals surface area contributed by atoms with Crippen molar-refractivity contribution in [2.45, 2.75) is 69.1 Å². The van der Waals surface area contributed by atoms with Gasteiger partial charge in [0.1, 0.15) is 0 Å². The smallest absolute Gasteiger partial charge is 0.0986 e. The summed E-state index contributed by atoms with van der Waals surface area (Å²) in [6.45, 7) is 0. The Morgan fingerprint density at radius 1 is 0.654 bits per heavy atom. The predicted molar refractivity (Wildman–Crippen MR) is 114 cm³/mol. The van der Waals surface area contributed by atoms with Gasteiger partial charge in [-0.3, -0.25) is 0 Å². The molecular weight excluding hydrogens is 359 g/mol. The molecule has 0 saturated heterocycles. The third kappa shape index (κ3) is 4.65. The molecule has 140 valence electrons. The lowest BCUT2D eigenvalue weighted by atomic mass is 9.75. The average Bonchev–Trinajstić information content (AvgIpc) is 2.74. The van der Waals surface area contributed by atoms with Gasteiger partial charge in [-0.1, -0.05) is 111 Å². The molecule has 26 heavy (non-hydrogen) atoms. The quantitative estimate of drug-likeness (QED) is 0.463. The Hall–Kier alpha value is -0.980. The van der Waals surface area contributed by atoms with Crippen molar-refractivity contribution in [2.75, 3.05) is 0 Å². The number of hydrogen-bond donors (Lipinski definition) is 0. The van der Waals surface area contributed by atoms with Crippen LogP contribution in [-0.2, 0) is 4.87 Å². The third-order valence-corrected chi connectivity index (χ3v) is 6.94. The topological polar surface area (TPSA) is 0 Å². The van der Waals surface area contributed by atoms with Crippen molar-refractivity contribution in [3.05, 3.63) is 70.7 Å². The highest BCUT2D eigenvalue weighted by Gasteiger charge is 2.40. The molecule has 0 radical (unpaired) electrons. The van der Waals surface area contributed by atoms with E-state index in [-0.39, 0.29) is 0 Å². The van der Waals surface area contributed by atoms with E-state index < -0.39 is 4.87 Å². The van der Waals surface area contributed by atoms with Crippen molar-refractivity contribution >= 4 is 23.2 Å². The molecule has 0 amide bonds. The summed E-state index contributed by atoms with van der Waals surface area (Å²) in [6, 6.07) is 18.7. The summed E-state index contributed by atoms with van der Waals surface area (Å²) >= 11 is 14.2. The summed E-state index contributed by atoms with van der Waals surface area (Å²) in [6.07, 6.45) is 13.0. The molecule has 1 unspecified atom stereocenters. The summed E-state index contributed by atoms with van der Waals surface area (Å²) in [5.41, 5.74) is 2.24. The zero-order valence-electron chi connectivity index (χ0n) is 15.6. The van der Waals surface area contributed by atoms with Crippen LogP contribution in [0.4, 0.5) is 0 Å². The molecule has 0 heterocycles. The van der Waals surface area contributed by atoms with Crippen LogP contribution < -0.4 is 0 Å². The minimum absolute atomic E-state index is 0.407. The van der Waals surface area contributed by atoms with Crippen molar-refractivity contribution in [1.29, 1.82) is 0 Å². The van der Waals surface area contributed by atoms with Crippen LogP contribution in [0.25, 0.3) is 0 Å². The predicted octanol–water partition coefficient (Wildman–Crippen LogP) is 8.35. The SMILES string of the molecule is Clc1ccccc1C(Cl)(c1ccccc1)C1CCCCCCCCCC1. The van der Waals surface area contributed by atoms with Gasteiger partial charge in [0.2, 0.25) is 0 Å². The van der Waals surface area contributed by atoms with Crippen molar-refractivity contribution in [2.24, 2.45) is 5.92 Å². The molecule has 0 aliphatic heterocycles. The van der Waals surface area contributed by atoms with E-state index in [4.69, 9.17) is 23.2 Å². The molecule has 1 aliphatic carbocycles. The van der Waals surface area contributed by atoms with Gasteiger partial charge in [0.15, 0.2) is 0 Å². The molecule has 2 heteroatoms. The van der Waals surface area contributed by atoms with Crippen molar-refractivity contribution < 1.29 is 0 Å². The molecule has 0 bridgehead atoms. The van der Waals surface area contributed by atoms with Crippen molar-refractivity contribution in [3.8, 4) is 0 Å². The van der Waals surface area contributed by atoms with Crippen LogP contribution in [0.2, 0.25) is 5.02 Å². The standard InChI is InChI=1S/C24H30Cl2/c25-23-19-13-12-18-22(23)24(26,21-16-10-7-11-17-21)20-14-8-5-3-1-2-4-6-9-15-20/h7,10-13,16-20H,1-6,8-9,14-15H2. The van der Waals surface area contributed by atoms with Crippen molar-refractivity contribution in [1.82, 2.24) is 0 Å². The van der Waals surface area contributed by atoms with Crippen LogP contribution in [0, 0.1) is 5.92 Å². The molecule has 0 nitrogen and oxygen atoms in total. The van der Waals surface area contributed by atoms with Gasteiger partial charge in [0, 0.05) is 5.02 Å². The maximum absolute atomic E-state index is 7.55. The number of halogens is 2. The Balaban J connectivity index is 1.99. The first-order valence-electron chi connectivity index (χ1n) is 10.2. The molecule has 0 N–H and O–H groups in total. The number of alkyl halides is 1. The molecule has 0 spiro atoms. The first kappa shape index (κ1) is 19.8.